The molecule has 142 valence electrons. The third-order valence-corrected chi connectivity index (χ3v) is 4.49. The molecule has 8 nitrogen and oxygen atoms in total. The van der Waals surface area contributed by atoms with E-state index < -0.39 is 0 Å². The Balaban J connectivity index is 1.77. The van der Waals surface area contributed by atoms with Gasteiger partial charge in [0.05, 0.1) is 23.5 Å². The topological polar surface area (TPSA) is 93.0 Å². The molecule has 2 aromatic heterocycles. The van der Waals surface area contributed by atoms with Crippen LogP contribution in [0.1, 0.15) is 25.8 Å². The lowest BCUT2D eigenvalue weighted by atomic mass is 10.2. The summed E-state index contributed by atoms with van der Waals surface area (Å²) in [7, 11) is 1.83. The Morgan fingerprint density at radius 2 is 1.93 bits per heavy atom. The fraction of sp³-hybridized carbons (Fsp3) is 0.368. The highest BCUT2D eigenvalue weighted by Crippen LogP contribution is 2.10. The highest BCUT2D eigenvalue weighted by molar-refractivity contribution is 5.80. The normalized spacial score (nSPS) is 11.3. The largest absolute Gasteiger partial charge is 0.336 e. The van der Waals surface area contributed by atoms with E-state index in [1.807, 2.05) is 27.1 Å². The van der Waals surface area contributed by atoms with Gasteiger partial charge in [0.2, 0.25) is 5.91 Å². The van der Waals surface area contributed by atoms with E-state index in [2.05, 4.69) is 10.2 Å². The molecule has 0 saturated heterocycles. The van der Waals surface area contributed by atoms with Crippen LogP contribution in [0.3, 0.4) is 0 Å². The molecule has 0 unspecified atom stereocenters. The molecular weight excluding hydrogens is 346 g/mol. The van der Waals surface area contributed by atoms with Crippen LogP contribution in [0.25, 0.3) is 10.8 Å². The number of aromatic nitrogens is 4. The lowest BCUT2D eigenvalue weighted by molar-refractivity contribution is -0.133. The van der Waals surface area contributed by atoms with Crippen molar-refractivity contribution in [3.05, 3.63) is 62.9 Å². The number of aromatic amines is 1. The zero-order chi connectivity index (χ0) is 19.6. The van der Waals surface area contributed by atoms with E-state index >= 15 is 0 Å². The van der Waals surface area contributed by atoms with Crippen molar-refractivity contribution in [1.82, 2.24) is 24.5 Å². The van der Waals surface area contributed by atoms with Gasteiger partial charge in [0.25, 0.3) is 11.1 Å². The summed E-state index contributed by atoms with van der Waals surface area (Å²) < 4.78 is 2.91. The van der Waals surface area contributed by atoms with Gasteiger partial charge in [-0.2, -0.15) is 5.10 Å². The second-order valence-electron chi connectivity index (χ2n) is 6.83. The SMILES string of the molecule is CC(C)N(Cc1cnn(C)c1)C(=O)CCn1[nH]c(=O)c2ccccc2c1=O. The van der Waals surface area contributed by atoms with Crippen molar-refractivity contribution >= 4 is 16.7 Å². The van der Waals surface area contributed by atoms with Crippen LogP contribution in [0.2, 0.25) is 0 Å². The van der Waals surface area contributed by atoms with Crippen molar-refractivity contribution in [2.45, 2.75) is 39.4 Å². The molecular formula is C19H23N5O3. The molecule has 0 radical (unpaired) electrons. The molecule has 1 amide bonds. The van der Waals surface area contributed by atoms with Gasteiger partial charge in [-0.25, -0.2) is 4.68 Å². The van der Waals surface area contributed by atoms with Gasteiger partial charge in [-0.1, -0.05) is 12.1 Å². The van der Waals surface area contributed by atoms with E-state index in [1.165, 1.54) is 4.68 Å². The van der Waals surface area contributed by atoms with Crippen LogP contribution in [0.15, 0.2) is 46.2 Å². The Labute approximate surface area is 156 Å². The number of nitrogens with zero attached hydrogens (tertiary/aromatic N) is 4. The summed E-state index contributed by atoms with van der Waals surface area (Å²) >= 11 is 0. The van der Waals surface area contributed by atoms with Gasteiger partial charge >= 0.3 is 0 Å². The molecule has 0 aliphatic carbocycles. The number of carbonyl (C=O) groups excluding carboxylic acids is 1. The van der Waals surface area contributed by atoms with Crippen molar-refractivity contribution in [2.75, 3.05) is 0 Å². The molecule has 0 atom stereocenters. The minimum atomic E-state index is -0.339. The number of rotatable bonds is 6. The molecule has 0 fully saturated rings. The summed E-state index contributed by atoms with van der Waals surface area (Å²) in [5.41, 5.74) is 0.297. The molecule has 0 bridgehead atoms. The average molecular weight is 369 g/mol. The maximum Gasteiger partial charge on any atom is 0.273 e. The number of carbonyl (C=O) groups is 1. The Kier molecular flexibility index (Phi) is 5.25. The number of benzene rings is 1. The number of amides is 1. The molecule has 2 heterocycles. The Morgan fingerprint density at radius 1 is 1.22 bits per heavy atom. The molecule has 27 heavy (non-hydrogen) atoms. The van der Waals surface area contributed by atoms with E-state index in [0.29, 0.717) is 17.3 Å². The minimum Gasteiger partial charge on any atom is -0.336 e. The van der Waals surface area contributed by atoms with E-state index in [4.69, 9.17) is 0 Å². The molecule has 0 aliphatic heterocycles. The predicted molar refractivity (Wildman–Crippen MR) is 102 cm³/mol. The summed E-state index contributed by atoms with van der Waals surface area (Å²) in [5, 5.41) is 7.39. The highest BCUT2D eigenvalue weighted by Gasteiger charge is 2.18. The second kappa shape index (κ2) is 7.61. The molecule has 3 rings (SSSR count). The third-order valence-electron chi connectivity index (χ3n) is 4.49. The Bertz CT molecular complexity index is 1080. The zero-order valence-electron chi connectivity index (χ0n) is 15.7. The monoisotopic (exact) mass is 369 g/mol. The molecule has 1 N–H and O–H groups in total. The first-order valence-corrected chi connectivity index (χ1v) is 8.85. The third kappa shape index (κ3) is 3.99. The lowest BCUT2D eigenvalue weighted by Gasteiger charge is -2.26. The fourth-order valence-electron chi connectivity index (χ4n) is 3.06. The Hall–Kier alpha value is -3.16. The van der Waals surface area contributed by atoms with Gasteiger partial charge < -0.3 is 4.90 Å². The lowest BCUT2D eigenvalue weighted by Crippen LogP contribution is -2.38. The van der Waals surface area contributed by atoms with E-state index in [9.17, 15) is 14.4 Å². The van der Waals surface area contributed by atoms with Crippen molar-refractivity contribution in [2.24, 2.45) is 7.05 Å². The smallest absolute Gasteiger partial charge is 0.273 e. The Morgan fingerprint density at radius 3 is 2.56 bits per heavy atom. The first kappa shape index (κ1) is 18.6. The van der Waals surface area contributed by atoms with Crippen LogP contribution in [0.4, 0.5) is 0 Å². The molecule has 3 aromatic rings. The number of hydrogen-bond acceptors (Lipinski definition) is 4. The summed E-state index contributed by atoms with van der Waals surface area (Å²) in [6.07, 6.45) is 3.72. The van der Waals surface area contributed by atoms with E-state index in [0.717, 1.165) is 5.56 Å². The van der Waals surface area contributed by atoms with Crippen LogP contribution in [0.5, 0.6) is 0 Å². The predicted octanol–water partition coefficient (Wildman–Crippen LogP) is 1.25. The minimum absolute atomic E-state index is 0.00470. The van der Waals surface area contributed by atoms with Gasteiger partial charge in [-0.05, 0) is 26.0 Å². The van der Waals surface area contributed by atoms with Crippen molar-refractivity contribution in [3.8, 4) is 0 Å². The summed E-state index contributed by atoms with van der Waals surface area (Å²) in [6, 6.07) is 6.66. The second-order valence-corrected chi connectivity index (χ2v) is 6.83. The number of H-pyrrole nitrogens is 1. The summed E-state index contributed by atoms with van der Waals surface area (Å²) in [5.74, 6) is -0.0882. The molecule has 0 spiro atoms. The summed E-state index contributed by atoms with van der Waals surface area (Å²) in [4.78, 5) is 39.2. The van der Waals surface area contributed by atoms with Gasteiger partial charge in [-0.3, -0.25) is 24.2 Å². The van der Waals surface area contributed by atoms with Crippen molar-refractivity contribution < 1.29 is 4.79 Å². The van der Waals surface area contributed by atoms with Gasteiger partial charge in [0, 0.05) is 37.8 Å². The molecule has 8 heteroatoms. The van der Waals surface area contributed by atoms with Gasteiger partial charge in [0.1, 0.15) is 0 Å². The fourth-order valence-corrected chi connectivity index (χ4v) is 3.06. The maximum absolute atomic E-state index is 12.7. The molecule has 0 aliphatic rings. The quantitative estimate of drug-likeness (QED) is 0.708. The van der Waals surface area contributed by atoms with E-state index in [1.54, 1.807) is 40.0 Å². The number of fused-ring (bicyclic) bond motifs is 1. The highest BCUT2D eigenvalue weighted by atomic mass is 16.2. The van der Waals surface area contributed by atoms with Crippen LogP contribution in [-0.2, 0) is 24.9 Å². The van der Waals surface area contributed by atoms with Crippen LogP contribution in [-0.4, -0.2) is 36.4 Å². The standard InChI is InChI=1S/C19H23N5O3/c1-13(2)23(12-14-10-20-22(3)11-14)17(25)8-9-24-19(27)16-7-5-4-6-15(16)18(26)21-24/h4-7,10-11,13H,8-9,12H2,1-3H3,(H,21,26). The first-order chi connectivity index (χ1) is 12.9. The number of aryl methyl sites for hydroxylation is 2. The van der Waals surface area contributed by atoms with Crippen LogP contribution < -0.4 is 11.1 Å². The van der Waals surface area contributed by atoms with Crippen molar-refractivity contribution in [3.63, 3.8) is 0 Å². The molecule has 0 saturated carbocycles. The van der Waals surface area contributed by atoms with Crippen molar-refractivity contribution in [1.29, 1.82) is 0 Å². The first-order valence-electron chi connectivity index (χ1n) is 8.85. The van der Waals surface area contributed by atoms with E-state index in [-0.39, 0.29) is 36.0 Å². The zero-order valence-corrected chi connectivity index (χ0v) is 15.7. The maximum atomic E-state index is 12.7. The van der Waals surface area contributed by atoms with Crippen LogP contribution in [0, 0.1) is 0 Å². The number of hydrogen-bond donors (Lipinski definition) is 1. The summed E-state index contributed by atoms with van der Waals surface area (Å²) in [6.45, 7) is 4.46. The number of nitrogens with one attached hydrogen (secondary N) is 1. The average Bonchev–Trinajstić information content (AvgIpc) is 3.06. The van der Waals surface area contributed by atoms with Gasteiger partial charge in [-0.15, -0.1) is 0 Å². The van der Waals surface area contributed by atoms with Gasteiger partial charge in [0.15, 0.2) is 0 Å². The van der Waals surface area contributed by atoms with Crippen LogP contribution >= 0.6 is 0 Å². The molecule has 1 aromatic carbocycles.